The number of fused-ring (bicyclic) bond motifs is 2. The van der Waals surface area contributed by atoms with E-state index in [1.807, 2.05) is 43.3 Å². The molecule has 5 aromatic rings. The van der Waals surface area contributed by atoms with Gasteiger partial charge in [-0.15, -0.1) is 5.10 Å². The Morgan fingerprint density at radius 2 is 1.86 bits per heavy atom. The molecular weight excluding hydrogens is 448 g/mol. The van der Waals surface area contributed by atoms with Crippen molar-refractivity contribution in [2.45, 2.75) is 25.9 Å². The van der Waals surface area contributed by atoms with Gasteiger partial charge in [-0.1, -0.05) is 36.4 Å². The molecule has 6 rings (SSSR count). The van der Waals surface area contributed by atoms with Crippen LogP contribution in [0.4, 0.5) is 0 Å². The predicted octanol–water partition coefficient (Wildman–Crippen LogP) is 4.37. The van der Waals surface area contributed by atoms with Crippen molar-refractivity contribution in [3.63, 3.8) is 0 Å². The molecule has 0 aliphatic carbocycles. The van der Waals surface area contributed by atoms with Gasteiger partial charge in [0.1, 0.15) is 23.1 Å². The molecule has 2 aromatic carbocycles. The van der Waals surface area contributed by atoms with E-state index in [1.54, 1.807) is 19.2 Å². The Morgan fingerprint density at radius 3 is 2.63 bits per heavy atom. The molecule has 3 aromatic heterocycles. The van der Waals surface area contributed by atoms with Crippen LogP contribution in [-0.4, -0.2) is 46.0 Å². The van der Waals surface area contributed by atoms with Gasteiger partial charge in [-0.05, 0) is 24.6 Å². The van der Waals surface area contributed by atoms with E-state index in [-0.39, 0.29) is 17.6 Å². The van der Waals surface area contributed by atoms with Crippen LogP contribution >= 0.6 is 0 Å². The molecule has 0 bridgehead atoms. The Labute approximate surface area is 200 Å². The average molecular weight is 473 g/mol. The Morgan fingerprint density at radius 1 is 1.06 bits per heavy atom. The first-order valence-electron chi connectivity index (χ1n) is 11.5. The number of hydrogen-bond acceptors (Lipinski definition) is 7. The number of para-hydroxylation sites is 1. The summed E-state index contributed by atoms with van der Waals surface area (Å²) in [6, 6.07) is 15.2. The summed E-state index contributed by atoms with van der Waals surface area (Å²) in [6.07, 6.45) is 1.51. The highest BCUT2D eigenvalue weighted by atomic mass is 16.5. The first-order chi connectivity index (χ1) is 17.1. The van der Waals surface area contributed by atoms with Crippen LogP contribution in [0, 0.1) is 6.92 Å². The number of benzene rings is 2. The van der Waals surface area contributed by atoms with Gasteiger partial charge in [0.2, 0.25) is 11.8 Å². The number of ether oxygens (including phenoxy) is 3. The number of aryl methyl sites for hydroxylation is 1. The minimum absolute atomic E-state index is 0.0312. The van der Waals surface area contributed by atoms with Crippen molar-refractivity contribution in [2.24, 2.45) is 0 Å². The van der Waals surface area contributed by atoms with Gasteiger partial charge in [-0.2, -0.15) is 4.52 Å². The topological polar surface area (TPSA) is 104 Å². The predicted molar refractivity (Wildman–Crippen MR) is 130 cm³/mol. The summed E-state index contributed by atoms with van der Waals surface area (Å²) in [5.41, 5.74) is 3.85. The summed E-state index contributed by atoms with van der Waals surface area (Å²) in [6.45, 7) is 3.10. The third-order valence-corrected chi connectivity index (χ3v) is 6.27. The summed E-state index contributed by atoms with van der Waals surface area (Å²) >= 11 is 0. The van der Waals surface area contributed by atoms with E-state index in [2.05, 4.69) is 15.1 Å². The van der Waals surface area contributed by atoms with E-state index >= 15 is 0 Å². The molecule has 4 heterocycles. The lowest BCUT2D eigenvalue weighted by Gasteiger charge is -2.22. The minimum Gasteiger partial charge on any atom is -0.494 e. The Balaban J connectivity index is 1.55. The molecule has 1 fully saturated rings. The second kappa shape index (κ2) is 8.59. The average Bonchev–Trinajstić information content (AvgIpc) is 3.46. The number of hydrogen-bond donors (Lipinski definition) is 1. The zero-order valence-corrected chi connectivity index (χ0v) is 19.4. The molecule has 9 nitrogen and oxygen atoms in total. The molecule has 1 saturated heterocycles. The summed E-state index contributed by atoms with van der Waals surface area (Å²) in [7, 11) is 1.57. The lowest BCUT2D eigenvalue weighted by atomic mass is 10.1. The molecule has 0 atom stereocenters. The number of aromatic amines is 1. The highest BCUT2D eigenvalue weighted by molar-refractivity contribution is 5.84. The van der Waals surface area contributed by atoms with Gasteiger partial charge in [-0.3, -0.25) is 4.79 Å². The van der Waals surface area contributed by atoms with Gasteiger partial charge in [0.15, 0.2) is 11.1 Å². The third kappa shape index (κ3) is 3.64. The minimum atomic E-state index is -0.346. The van der Waals surface area contributed by atoms with Crippen molar-refractivity contribution < 1.29 is 18.6 Å². The maximum Gasteiger partial charge on any atom is 0.287 e. The normalized spacial score (nSPS) is 14.6. The summed E-state index contributed by atoms with van der Waals surface area (Å²) in [5.74, 6) is 1.19. The van der Waals surface area contributed by atoms with Gasteiger partial charge in [0.25, 0.3) is 5.56 Å². The standard InChI is InChI=1S/C26H24N4O5/c1-15-20(24-28-22-18(32-2)9-6-10-19(22)35-24)26(31)30-23(27-15)21(16-7-4-3-5-8-16)25(29-30)34-17-11-13-33-14-12-17/h3-10,17,27H,11-14H2,1-2H3. The zero-order chi connectivity index (χ0) is 23.9. The van der Waals surface area contributed by atoms with Gasteiger partial charge >= 0.3 is 0 Å². The number of aromatic nitrogens is 4. The second-order valence-electron chi connectivity index (χ2n) is 8.49. The Hall–Kier alpha value is -4.11. The van der Waals surface area contributed by atoms with Gasteiger partial charge in [0, 0.05) is 18.5 Å². The van der Waals surface area contributed by atoms with Gasteiger partial charge in [-0.25, -0.2) is 4.98 Å². The molecule has 1 N–H and O–H groups in total. The van der Waals surface area contributed by atoms with Crippen molar-refractivity contribution in [3.05, 3.63) is 64.6 Å². The van der Waals surface area contributed by atoms with Crippen LogP contribution < -0.4 is 15.0 Å². The number of H-pyrrole nitrogens is 1. The van der Waals surface area contributed by atoms with E-state index in [9.17, 15) is 4.79 Å². The van der Waals surface area contributed by atoms with Crippen LogP contribution in [0.1, 0.15) is 18.5 Å². The number of nitrogens with one attached hydrogen (secondary N) is 1. The van der Waals surface area contributed by atoms with E-state index < -0.39 is 0 Å². The number of nitrogens with zero attached hydrogens (tertiary/aromatic N) is 3. The van der Waals surface area contributed by atoms with Crippen molar-refractivity contribution >= 4 is 16.7 Å². The molecule has 1 aliphatic heterocycles. The molecule has 0 unspecified atom stereocenters. The second-order valence-corrected chi connectivity index (χ2v) is 8.49. The Bertz CT molecular complexity index is 1580. The fourth-order valence-corrected chi connectivity index (χ4v) is 4.51. The van der Waals surface area contributed by atoms with Crippen LogP contribution in [0.2, 0.25) is 0 Å². The lowest BCUT2D eigenvalue weighted by molar-refractivity contribution is 0.0238. The molecule has 1 aliphatic rings. The van der Waals surface area contributed by atoms with E-state index in [4.69, 9.17) is 18.6 Å². The lowest BCUT2D eigenvalue weighted by Crippen LogP contribution is -2.26. The summed E-state index contributed by atoms with van der Waals surface area (Å²) in [4.78, 5) is 21.7. The molecule has 0 amide bonds. The molecule has 0 radical (unpaired) electrons. The number of methoxy groups -OCH3 is 1. The van der Waals surface area contributed by atoms with Crippen LogP contribution in [0.25, 0.3) is 39.3 Å². The third-order valence-electron chi connectivity index (χ3n) is 6.27. The highest BCUT2D eigenvalue weighted by Crippen LogP contribution is 2.35. The van der Waals surface area contributed by atoms with Crippen molar-refractivity contribution in [1.82, 2.24) is 19.6 Å². The molecule has 0 saturated carbocycles. The maximum atomic E-state index is 13.7. The number of rotatable bonds is 5. The molecular formula is C26H24N4O5. The fraction of sp³-hybridized carbons (Fsp3) is 0.269. The van der Waals surface area contributed by atoms with Crippen molar-refractivity contribution in [1.29, 1.82) is 0 Å². The first-order valence-corrected chi connectivity index (χ1v) is 11.5. The van der Waals surface area contributed by atoms with E-state index in [1.165, 1.54) is 4.52 Å². The summed E-state index contributed by atoms with van der Waals surface area (Å²) < 4.78 is 24.5. The molecule has 35 heavy (non-hydrogen) atoms. The SMILES string of the molecule is COc1cccc2oc(-c3c(C)[nH]c4c(-c5ccccc5)c(OC5CCOCC5)nn4c3=O)nc12. The molecule has 178 valence electrons. The van der Waals surface area contributed by atoms with Gasteiger partial charge in [0.05, 0.1) is 25.9 Å². The van der Waals surface area contributed by atoms with Crippen molar-refractivity contribution in [2.75, 3.05) is 20.3 Å². The van der Waals surface area contributed by atoms with Crippen LogP contribution in [-0.2, 0) is 4.74 Å². The van der Waals surface area contributed by atoms with Crippen molar-refractivity contribution in [3.8, 4) is 34.2 Å². The zero-order valence-electron chi connectivity index (χ0n) is 19.4. The monoisotopic (exact) mass is 472 g/mol. The highest BCUT2D eigenvalue weighted by Gasteiger charge is 2.26. The first kappa shape index (κ1) is 21.4. The number of oxazole rings is 1. The quantitative estimate of drug-likeness (QED) is 0.405. The van der Waals surface area contributed by atoms with Crippen LogP contribution in [0.15, 0.2) is 57.7 Å². The molecule has 0 spiro atoms. The van der Waals surface area contributed by atoms with E-state index in [0.29, 0.717) is 52.8 Å². The summed E-state index contributed by atoms with van der Waals surface area (Å²) in [5, 5.41) is 4.61. The van der Waals surface area contributed by atoms with E-state index in [0.717, 1.165) is 24.0 Å². The molecule has 9 heteroatoms. The Kier molecular flexibility index (Phi) is 5.26. The fourth-order valence-electron chi connectivity index (χ4n) is 4.51. The van der Waals surface area contributed by atoms with Crippen LogP contribution in [0.3, 0.4) is 0 Å². The smallest absolute Gasteiger partial charge is 0.287 e. The largest absolute Gasteiger partial charge is 0.494 e. The maximum absolute atomic E-state index is 13.7. The van der Waals surface area contributed by atoms with Crippen LogP contribution in [0.5, 0.6) is 11.6 Å². The van der Waals surface area contributed by atoms with Gasteiger partial charge < -0.3 is 23.6 Å².